The first kappa shape index (κ1) is 16.8. The predicted octanol–water partition coefficient (Wildman–Crippen LogP) is 3.15. The van der Waals surface area contributed by atoms with Crippen LogP contribution in [-0.4, -0.2) is 42.4 Å². The highest BCUT2D eigenvalue weighted by atomic mass is 19.4. The van der Waals surface area contributed by atoms with Crippen LogP contribution < -0.4 is 0 Å². The zero-order valence-electron chi connectivity index (χ0n) is 12.9. The number of hydrogen-bond donors (Lipinski definition) is 0. The molecule has 1 aliphatic heterocycles. The molecule has 0 aliphatic carbocycles. The number of halogens is 3. The van der Waals surface area contributed by atoms with E-state index in [0.29, 0.717) is 6.54 Å². The normalized spacial score (nSPS) is 20.0. The topological polar surface area (TPSA) is 23.6 Å². The quantitative estimate of drug-likeness (QED) is 0.856. The van der Waals surface area contributed by atoms with Crippen molar-refractivity contribution in [2.24, 2.45) is 0 Å². The number of carbonyl (C=O) groups is 1. The Balaban J connectivity index is 2.09. The lowest BCUT2D eigenvalue weighted by molar-refractivity contribution is -0.137. The number of alkyl halides is 3. The van der Waals surface area contributed by atoms with Crippen molar-refractivity contribution in [2.45, 2.75) is 38.0 Å². The highest BCUT2D eigenvalue weighted by molar-refractivity contribution is 5.81. The van der Waals surface area contributed by atoms with Gasteiger partial charge in [-0.1, -0.05) is 18.6 Å². The summed E-state index contributed by atoms with van der Waals surface area (Å²) in [7, 11) is 3.46. The fourth-order valence-corrected chi connectivity index (χ4v) is 2.79. The molecule has 1 aliphatic rings. The zero-order chi connectivity index (χ0) is 16.3. The Morgan fingerprint density at radius 2 is 1.86 bits per heavy atom. The summed E-state index contributed by atoms with van der Waals surface area (Å²) >= 11 is 0. The molecule has 0 aromatic heterocycles. The molecule has 1 aromatic carbocycles. The molecule has 1 saturated heterocycles. The minimum absolute atomic E-state index is 0.0617. The summed E-state index contributed by atoms with van der Waals surface area (Å²) in [5.74, 6) is 0.0617. The highest BCUT2D eigenvalue weighted by Crippen LogP contribution is 2.29. The Morgan fingerprint density at radius 3 is 2.41 bits per heavy atom. The van der Waals surface area contributed by atoms with E-state index in [1.165, 1.54) is 12.1 Å². The largest absolute Gasteiger partial charge is 0.416 e. The maximum Gasteiger partial charge on any atom is 0.416 e. The van der Waals surface area contributed by atoms with Crippen LogP contribution >= 0.6 is 0 Å². The van der Waals surface area contributed by atoms with Gasteiger partial charge in [-0.15, -0.1) is 0 Å². The lowest BCUT2D eigenvalue weighted by Gasteiger charge is -2.36. The van der Waals surface area contributed by atoms with Crippen LogP contribution in [0.2, 0.25) is 0 Å². The van der Waals surface area contributed by atoms with Crippen molar-refractivity contribution >= 4 is 5.91 Å². The number of nitrogens with zero attached hydrogens (tertiary/aromatic N) is 2. The van der Waals surface area contributed by atoms with Crippen molar-refractivity contribution in [3.05, 3.63) is 35.4 Å². The summed E-state index contributed by atoms with van der Waals surface area (Å²) < 4.78 is 37.7. The maximum absolute atomic E-state index is 12.6. The molecule has 1 heterocycles. The number of likely N-dealkylation sites (N-methyl/N-ethyl adjacent to an activating group) is 1. The molecular formula is C16H21F3N2O. The van der Waals surface area contributed by atoms with Crippen molar-refractivity contribution in [3.63, 3.8) is 0 Å². The first-order valence-electron chi connectivity index (χ1n) is 7.40. The van der Waals surface area contributed by atoms with Gasteiger partial charge in [-0.05, 0) is 37.1 Å². The van der Waals surface area contributed by atoms with Crippen LogP contribution in [0, 0.1) is 0 Å². The molecule has 1 fully saturated rings. The van der Waals surface area contributed by atoms with Crippen LogP contribution in [0.3, 0.4) is 0 Å². The van der Waals surface area contributed by atoms with Crippen LogP contribution in [0.5, 0.6) is 0 Å². The molecule has 1 amide bonds. The Hall–Kier alpha value is -1.56. The van der Waals surface area contributed by atoms with E-state index in [2.05, 4.69) is 4.90 Å². The molecule has 0 saturated carbocycles. The molecule has 2 rings (SSSR count). The molecule has 0 spiro atoms. The van der Waals surface area contributed by atoms with E-state index in [1.54, 1.807) is 19.0 Å². The summed E-state index contributed by atoms with van der Waals surface area (Å²) in [6, 6.07) is 5.01. The molecule has 22 heavy (non-hydrogen) atoms. The van der Waals surface area contributed by atoms with Crippen molar-refractivity contribution in [3.8, 4) is 0 Å². The SMILES string of the molecule is CN(C)C(=O)C1CCCCN1Cc1ccc(C(F)(F)F)cc1. The van der Waals surface area contributed by atoms with E-state index in [-0.39, 0.29) is 11.9 Å². The Kier molecular flexibility index (Phi) is 5.11. The van der Waals surface area contributed by atoms with Crippen LogP contribution in [0.4, 0.5) is 13.2 Å². The summed E-state index contributed by atoms with van der Waals surface area (Å²) in [6.45, 7) is 1.30. The van der Waals surface area contributed by atoms with Gasteiger partial charge in [-0.2, -0.15) is 13.2 Å². The fourth-order valence-electron chi connectivity index (χ4n) is 2.79. The van der Waals surface area contributed by atoms with E-state index in [0.717, 1.165) is 43.5 Å². The minimum atomic E-state index is -4.31. The summed E-state index contributed by atoms with van der Waals surface area (Å²) in [5.41, 5.74) is 0.155. The highest BCUT2D eigenvalue weighted by Gasteiger charge is 2.31. The van der Waals surface area contributed by atoms with E-state index < -0.39 is 11.7 Å². The molecule has 6 heteroatoms. The smallest absolute Gasteiger partial charge is 0.347 e. The minimum Gasteiger partial charge on any atom is -0.347 e. The summed E-state index contributed by atoms with van der Waals surface area (Å²) in [6.07, 6.45) is -1.49. The number of piperidine rings is 1. The summed E-state index contributed by atoms with van der Waals surface area (Å²) in [4.78, 5) is 15.9. The lowest BCUT2D eigenvalue weighted by atomic mass is 10.00. The van der Waals surface area contributed by atoms with Crippen molar-refractivity contribution in [1.29, 1.82) is 0 Å². The second kappa shape index (κ2) is 6.69. The van der Waals surface area contributed by atoms with Gasteiger partial charge in [0.15, 0.2) is 0 Å². The second-order valence-electron chi connectivity index (χ2n) is 5.91. The monoisotopic (exact) mass is 314 g/mol. The lowest BCUT2D eigenvalue weighted by Crippen LogP contribution is -2.48. The number of hydrogen-bond acceptors (Lipinski definition) is 2. The number of rotatable bonds is 3. The van der Waals surface area contributed by atoms with Crippen molar-refractivity contribution in [1.82, 2.24) is 9.80 Å². The predicted molar refractivity (Wildman–Crippen MR) is 78.2 cm³/mol. The van der Waals surface area contributed by atoms with Crippen molar-refractivity contribution < 1.29 is 18.0 Å². The van der Waals surface area contributed by atoms with Gasteiger partial charge < -0.3 is 4.90 Å². The van der Waals surface area contributed by atoms with Gasteiger partial charge in [0.1, 0.15) is 0 Å². The molecule has 1 aromatic rings. The van der Waals surface area contributed by atoms with E-state index >= 15 is 0 Å². The third-order valence-electron chi connectivity index (χ3n) is 4.01. The van der Waals surface area contributed by atoms with Gasteiger partial charge in [0.2, 0.25) is 5.91 Å². The number of benzene rings is 1. The molecule has 3 nitrogen and oxygen atoms in total. The van der Waals surface area contributed by atoms with Crippen LogP contribution in [0.25, 0.3) is 0 Å². The van der Waals surface area contributed by atoms with E-state index in [4.69, 9.17) is 0 Å². The van der Waals surface area contributed by atoms with E-state index in [1.807, 2.05) is 0 Å². The first-order chi connectivity index (χ1) is 10.3. The van der Waals surface area contributed by atoms with Gasteiger partial charge in [-0.3, -0.25) is 9.69 Å². The number of carbonyl (C=O) groups excluding carboxylic acids is 1. The fraction of sp³-hybridized carbons (Fsp3) is 0.562. The van der Waals surface area contributed by atoms with Gasteiger partial charge in [0.05, 0.1) is 11.6 Å². The van der Waals surface area contributed by atoms with Gasteiger partial charge in [-0.25, -0.2) is 0 Å². The standard InChI is InChI=1S/C16H21F3N2O/c1-20(2)15(22)14-5-3-4-10-21(14)11-12-6-8-13(9-7-12)16(17,18)19/h6-9,14H,3-5,10-11H2,1-2H3. The first-order valence-corrected chi connectivity index (χ1v) is 7.40. The third kappa shape index (κ3) is 4.00. The Bertz CT molecular complexity index is 511. The van der Waals surface area contributed by atoms with Gasteiger partial charge in [0, 0.05) is 20.6 Å². The molecule has 0 bridgehead atoms. The molecule has 0 N–H and O–H groups in total. The van der Waals surface area contributed by atoms with Gasteiger partial charge in [0.25, 0.3) is 0 Å². The van der Waals surface area contributed by atoms with Gasteiger partial charge >= 0.3 is 6.18 Å². The second-order valence-corrected chi connectivity index (χ2v) is 5.91. The van der Waals surface area contributed by atoms with Crippen molar-refractivity contribution in [2.75, 3.05) is 20.6 Å². The van der Waals surface area contributed by atoms with Crippen LogP contribution in [0.1, 0.15) is 30.4 Å². The van der Waals surface area contributed by atoms with E-state index in [9.17, 15) is 18.0 Å². The van der Waals surface area contributed by atoms with Crippen LogP contribution in [-0.2, 0) is 17.5 Å². The Morgan fingerprint density at radius 1 is 1.23 bits per heavy atom. The maximum atomic E-state index is 12.6. The zero-order valence-corrected chi connectivity index (χ0v) is 12.9. The van der Waals surface area contributed by atoms with Crippen LogP contribution in [0.15, 0.2) is 24.3 Å². The molecule has 1 atom stereocenters. The molecule has 1 unspecified atom stereocenters. The molecular weight excluding hydrogens is 293 g/mol. The molecule has 0 radical (unpaired) electrons. The summed E-state index contributed by atoms with van der Waals surface area (Å²) in [5, 5.41) is 0. The Labute approximate surface area is 128 Å². The number of likely N-dealkylation sites (tertiary alicyclic amines) is 1. The molecule has 122 valence electrons. The number of amides is 1. The third-order valence-corrected chi connectivity index (χ3v) is 4.01. The average Bonchev–Trinajstić information content (AvgIpc) is 2.46. The average molecular weight is 314 g/mol.